The average Bonchev–Trinajstić information content (AvgIpc) is 2.61. The van der Waals surface area contributed by atoms with Crippen molar-refractivity contribution in [3.8, 4) is 0 Å². The van der Waals surface area contributed by atoms with Crippen molar-refractivity contribution in [2.75, 3.05) is 13.1 Å². The third kappa shape index (κ3) is 3.46. The van der Waals surface area contributed by atoms with Gasteiger partial charge in [-0.1, -0.05) is 44.2 Å². The summed E-state index contributed by atoms with van der Waals surface area (Å²) < 4.78 is 6.04. The molecule has 2 aromatic rings. The van der Waals surface area contributed by atoms with Crippen LogP contribution in [0.5, 0.6) is 0 Å². The lowest BCUT2D eigenvalue weighted by Gasteiger charge is -2.37. The summed E-state index contributed by atoms with van der Waals surface area (Å²) >= 11 is 0. The number of amides is 1. The first-order valence-corrected chi connectivity index (χ1v) is 8.36. The number of aromatic nitrogens is 2. The molecule has 0 aliphatic carbocycles. The number of nitrogens with zero attached hydrogens (tertiary/aromatic N) is 3. The van der Waals surface area contributed by atoms with Crippen LogP contribution in [-0.2, 0) is 4.74 Å². The second kappa shape index (κ2) is 7.09. The monoisotopic (exact) mass is 325 g/mol. The van der Waals surface area contributed by atoms with Crippen molar-refractivity contribution in [3.05, 3.63) is 59.7 Å². The Bertz CT molecular complexity index is 703. The van der Waals surface area contributed by atoms with Gasteiger partial charge in [-0.2, -0.15) is 0 Å². The molecule has 1 aromatic heterocycles. The molecule has 0 radical (unpaired) electrons. The molecular weight excluding hydrogens is 302 g/mol. The summed E-state index contributed by atoms with van der Waals surface area (Å²) in [5.74, 6) is 0.158. The van der Waals surface area contributed by atoms with Gasteiger partial charge in [0.05, 0.1) is 23.9 Å². The summed E-state index contributed by atoms with van der Waals surface area (Å²) in [5, 5.41) is 0. The number of carbonyl (C=O) groups is 1. The second-order valence-electron chi connectivity index (χ2n) is 6.53. The molecule has 1 aromatic carbocycles. The van der Waals surface area contributed by atoms with Crippen LogP contribution in [0.2, 0.25) is 0 Å². The van der Waals surface area contributed by atoms with Gasteiger partial charge in [0.15, 0.2) is 0 Å². The summed E-state index contributed by atoms with van der Waals surface area (Å²) in [6.07, 6.45) is 3.01. The van der Waals surface area contributed by atoms with Crippen LogP contribution < -0.4 is 0 Å². The molecule has 3 rings (SSSR count). The summed E-state index contributed by atoms with van der Waals surface area (Å²) in [4.78, 5) is 23.2. The van der Waals surface area contributed by atoms with Gasteiger partial charge in [0.25, 0.3) is 5.91 Å². The second-order valence-corrected chi connectivity index (χ2v) is 6.53. The van der Waals surface area contributed by atoms with E-state index in [1.54, 1.807) is 6.20 Å². The highest BCUT2D eigenvalue weighted by atomic mass is 16.5. The van der Waals surface area contributed by atoms with E-state index < -0.39 is 0 Å². The van der Waals surface area contributed by atoms with Crippen LogP contribution in [0.15, 0.2) is 42.9 Å². The molecule has 5 heteroatoms. The largest absolute Gasteiger partial charge is 0.367 e. The number of morpholine rings is 1. The molecule has 2 atom stereocenters. The lowest BCUT2D eigenvalue weighted by molar-refractivity contribution is -0.0692. The van der Waals surface area contributed by atoms with Crippen molar-refractivity contribution in [2.24, 2.45) is 0 Å². The third-order valence-electron chi connectivity index (χ3n) is 4.24. The van der Waals surface area contributed by atoms with Gasteiger partial charge in [0.1, 0.15) is 12.4 Å². The van der Waals surface area contributed by atoms with Crippen LogP contribution in [0.3, 0.4) is 0 Å². The Morgan fingerprint density at radius 3 is 2.71 bits per heavy atom. The van der Waals surface area contributed by atoms with E-state index in [0.717, 1.165) is 11.3 Å². The molecule has 0 spiro atoms. The maximum absolute atomic E-state index is 13.0. The predicted molar refractivity (Wildman–Crippen MR) is 91.8 cm³/mol. The van der Waals surface area contributed by atoms with Crippen molar-refractivity contribution in [1.82, 2.24) is 14.9 Å². The molecule has 2 heterocycles. The molecule has 5 nitrogen and oxygen atoms in total. The highest BCUT2D eigenvalue weighted by molar-refractivity contribution is 5.95. The summed E-state index contributed by atoms with van der Waals surface area (Å²) in [6, 6.07) is 10.0. The van der Waals surface area contributed by atoms with Gasteiger partial charge in [0, 0.05) is 12.7 Å². The first-order chi connectivity index (χ1) is 11.6. The number of rotatable bonds is 3. The van der Waals surface area contributed by atoms with Crippen molar-refractivity contribution in [2.45, 2.75) is 38.9 Å². The van der Waals surface area contributed by atoms with Crippen LogP contribution in [0.1, 0.15) is 54.4 Å². The van der Waals surface area contributed by atoms with Crippen molar-refractivity contribution >= 4 is 5.91 Å². The van der Waals surface area contributed by atoms with E-state index in [1.165, 1.54) is 6.33 Å². The van der Waals surface area contributed by atoms with E-state index in [0.29, 0.717) is 18.7 Å². The smallest absolute Gasteiger partial charge is 0.257 e. The summed E-state index contributed by atoms with van der Waals surface area (Å²) in [7, 11) is 0. The third-order valence-corrected chi connectivity index (χ3v) is 4.24. The normalized spacial score (nSPS) is 21.1. The molecule has 0 saturated carbocycles. The summed E-state index contributed by atoms with van der Waals surface area (Å²) in [5.41, 5.74) is 2.48. The number of carbonyl (C=O) groups excluding carboxylic acids is 1. The maximum Gasteiger partial charge on any atom is 0.257 e. The number of benzene rings is 1. The van der Waals surface area contributed by atoms with Gasteiger partial charge in [-0.15, -0.1) is 0 Å². The minimum absolute atomic E-state index is 0.0139. The summed E-state index contributed by atoms with van der Waals surface area (Å²) in [6.45, 7) is 7.19. The zero-order chi connectivity index (χ0) is 17.1. The van der Waals surface area contributed by atoms with Gasteiger partial charge in [-0.3, -0.25) is 4.79 Å². The van der Waals surface area contributed by atoms with Gasteiger partial charge in [0.2, 0.25) is 0 Å². The minimum Gasteiger partial charge on any atom is -0.367 e. The SMILES string of the molecule is CC(C)c1ncncc1C(=O)N1C[C@@H](C)O[C@H](c2ccccc2)C1. The standard InChI is InChI=1S/C19H23N3O2/c1-13(2)18-16(9-20-12-21-18)19(23)22-10-14(3)24-17(11-22)15-7-5-4-6-8-15/h4-9,12-14,17H,10-11H2,1-3H3/t14-,17+/m1/s1. The van der Waals surface area contributed by atoms with E-state index in [-0.39, 0.29) is 24.0 Å². The van der Waals surface area contributed by atoms with Gasteiger partial charge >= 0.3 is 0 Å². The molecule has 24 heavy (non-hydrogen) atoms. The van der Waals surface area contributed by atoms with E-state index >= 15 is 0 Å². The molecule has 0 unspecified atom stereocenters. The van der Waals surface area contributed by atoms with Crippen LogP contribution in [0.25, 0.3) is 0 Å². The number of ether oxygens (including phenoxy) is 1. The molecule has 1 fully saturated rings. The highest BCUT2D eigenvalue weighted by Gasteiger charge is 2.31. The fourth-order valence-corrected chi connectivity index (χ4v) is 3.10. The molecule has 126 valence electrons. The quantitative estimate of drug-likeness (QED) is 0.869. The first kappa shape index (κ1) is 16.6. The molecule has 1 aliphatic heterocycles. The molecule has 1 aliphatic rings. The van der Waals surface area contributed by atoms with Crippen LogP contribution in [-0.4, -0.2) is 40.0 Å². The maximum atomic E-state index is 13.0. The zero-order valence-corrected chi connectivity index (χ0v) is 14.3. The molecule has 1 saturated heterocycles. The van der Waals surface area contributed by atoms with Crippen LogP contribution in [0.4, 0.5) is 0 Å². The number of hydrogen-bond acceptors (Lipinski definition) is 4. The lowest BCUT2D eigenvalue weighted by atomic mass is 10.0. The van der Waals surface area contributed by atoms with E-state index in [4.69, 9.17) is 4.74 Å². The van der Waals surface area contributed by atoms with E-state index in [1.807, 2.05) is 56.0 Å². The van der Waals surface area contributed by atoms with E-state index in [2.05, 4.69) is 9.97 Å². The number of hydrogen-bond donors (Lipinski definition) is 0. The Labute approximate surface area is 142 Å². The molecular formula is C19H23N3O2. The molecule has 1 amide bonds. The van der Waals surface area contributed by atoms with Gasteiger partial charge in [-0.25, -0.2) is 9.97 Å². The fraction of sp³-hybridized carbons (Fsp3) is 0.421. The Kier molecular flexibility index (Phi) is 4.90. The predicted octanol–water partition coefficient (Wildman–Crippen LogP) is 3.20. The van der Waals surface area contributed by atoms with Crippen molar-refractivity contribution < 1.29 is 9.53 Å². The minimum atomic E-state index is -0.106. The zero-order valence-electron chi connectivity index (χ0n) is 14.3. The Hall–Kier alpha value is -2.27. The Balaban J connectivity index is 1.85. The Morgan fingerprint density at radius 2 is 2.00 bits per heavy atom. The molecule has 0 bridgehead atoms. The Morgan fingerprint density at radius 1 is 1.25 bits per heavy atom. The van der Waals surface area contributed by atoms with Gasteiger partial charge in [-0.05, 0) is 18.4 Å². The van der Waals surface area contributed by atoms with Crippen LogP contribution in [0, 0.1) is 0 Å². The van der Waals surface area contributed by atoms with Crippen molar-refractivity contribution in [3.63, 3.8) is 0 Å². The van der Waals surface area contributed by atoms with E-state index in [9.17, 15) is 4.79 Å². The first-order valence-electron chi connectivity index (χ1n) is 8.36. The van der Waals surface area contributed by atoms with Crippen LogP contribution >= 0.6 is 0 Å². The molecule has 0 N–H and O–H groups in total. The van der Waals surface area contributed by atoms with Crippen molar-refractivity contribution in [1.29, 1.82) is 0 Å². The lowest BCUT2D eigenvalue weighted by Crippen LogP contribution is -2.46. The van der Waals surface area contributed by atoms with Gasteiger partial charge < -0.3 is 9.64 Å². The highest BCUT2D eigenvalue weighted by Crippen LogP contribution is 2.27. The topological polar surface area (TPSA) is 55.3 Å². The fourth-order valence-electron chi connectivity index (χ4n) is 3.10. The average molecular weight is 325 g/mol.